The molecule has 0 aliphatic rings. The summed E-state index contributed by atoms with van der Waals surface area (Å²) < 4.78 is 9.12. The molecule has 0 aromatic heterocycles. The quantitative estimate of drug-likeness (QED) is 0.473. The Hall–Kier alpha value is -0.736. The fourth-order valence-electron chi connectivity index (χ4n) is 1.34. The van der Waals surface area contributed by atoms with E-state index in [0.717, 1.165) is 5.56 Å². The van der Waals surface area contributed by atoms with Crippen LogP contribution in [0.3, 0.4) is 0 Å². The first-order valence-electron chi connectivity index (χ1n) is 4.79. The van der Waals surface area contributed by atoms with Crippen LogP contribution >= 0.6 is 0 Å². The summed E-state index contributed by atoms with van der Waals surface area (Å²) in [5, 5.41) is 0. The van der Waals surface area contributed by atoms with Crippen LogP contribution in [0.4, 0.5) is 0 Å². The molecule has 0 saturated carbocycles. The van der Waals surface area contributed by atoms with Gasteiger partial charge in [-0.25, -0.2) is 0 Å². The normalized spacial score (nSPS) is 9.35. The van der Waals surface area contributed by atoms with Gasteiger partial charge in [-0.1, -0.05) is 0 Å². The second kappa shape index (κ2) is 8.37. The first-order chi connectivity index (χ1) is 7.69. The van der Waals surface area contributed by atoms with Gasteiger partial charge in [0.25, 0.3) is 0 Å². The first kappa shape index (κ1) is 16.3. The second-order valence-corrected chi connectivity index (χ2v) is 3.21. The van der Waals surface area contributed by atoms with E-state index in [0.29, 0.717) is 0 Å². The molecule has 1 aromatic rings. The van der Waals surface area contributed by atoms with Crippen molar-refractivity contribution in [3.05, 3.63) is 35.9 Å². The Morgan fingerprint density at radius 3 is 2.06 bits per heavy atom. The minimum atomic E-state index is -0.905. The van der Waals surface area contributed by atoms with Crippen LogP contribution in [0.1, 0.15) is 5.56 Å². The number of carbonyl (C=O) groups excluding carboxylic acids is 2. The number of ether oxygens (including phenoxy) is 2. The van der Waals surface area contributed by atoms with Crippen LogP contribution in [-0.4, -0.2) is 26.2 Å². The molecule has 5 heteroatoms. The molecule has 0 radical (unpaired) electrons. The molecular formula is C12H13O4Y+2. The first-order valence-corrected chi connectivity index (χ1v) is 4.79. The maximum atomic E-state index is 11.4. The van der Waals surface area contributed by atoms with Gasteiger partial charge in [0.15, 0.2) is 5.92 Å². The van der Waals surface area contributed by atoms with Gasteiger partial charge in [0.05, 0.1) is 14.2 Å². The van der Waals surface area contributed by atoms with Crippen molar-refractivity contribution < 1.29 is 51.8 Å². The van der Waals surface area contributed by atoms with Gasteiger partial charge >= 0.3 is 44.6 Å². The number of hydrogen-bond donors (Lipinski definition) is 0. The minimum Gasteiger partial charge on any atom is -0.468 e. The second-order valence-electron chi connectivity index (χ2n) is 3.21. The largest absolute Gasteiger partial charge is 3.00 e. The van der Waals surface area contributed by atoms with Crippen LogP contribution in [0.25, 0.3) is 0 Å². The zero-order valence-corrected chi connectivity index (χ0v) is 12.6. The Kier molecular flexibility index (Phi) is 8.01. The van der Waals surface area contributed by atoms with Crippen molar-refractivity contribution >= 4 is 11.9 Å². The van der Waals surface area contributed by atoms with E-state index in [1.54, 1.807) is 24.3 Å². The number of methoxy groups -OCH3 is 2. The van der Waals surface area contributed by atoms with Gasteiger partial charge in [-0.05, 0) is 6.42 Å². The molecule has 0 spiro atoms. The number of benzene rings is 1. The van der Waals surface area contributed by atoms with Crippen LogP contribution in [0.5, 0.6) is 0 Å². The van der Waals surface area contributed by atoms with E-state index in [1.807, 2.05) is 0 Å². The smallest absolute Gasteiger partial charge is 0.468 e. The van der Waals surface area contributed by atoms with Gasteiger partial charge in [-0.2, -0.15) is 35.9 Å². The van der Waals surface area contributed by atoms with E-state index in [2.05, 4.69) is 15.5 Å². The molecular weight excluding hydrogens is 297 g/mol. The molecule has 0 aliphatic heterocycles. The van der Waals surface area contributed by atoms with Crippen LogP contribution in [0.15, 0.2) is 24.3 Å². The summed E-state index contributed by atoms with van der Waals surface area (Å²) in [6.07, 6.45) is 0.272. The third-order valence-corrected chi connectivity index (χ3v) is 2.20. The molecule has 0 saturated heterocycles. The predicted molar refractivity (Wildman–Crippen MR) is 56.5 cm³/mol. The maximum absolute atomic E-state index is 11.4. The van der Waals surface area contributed by atoms with Crippen molar-refractivity contribution in [2.45, 2.75) is 6.42 Å². The Balaban J connectivity index is 0.00000256. The van der Waals surface area contributed by atoms with Gasteiger partial charge in [-0.15, -0.1) is 0 Å². The third kappa shape index (κ3) is 4.96. The van der Waals surface area contributed by atoms with Crippen molar-refractivity contribution in [2.24, 2.45) is 5.92 Å². The Morgan fingerprint density at radius 1 is 1.18 bits per heavy atom. The standard InChI is InChI=1S/C12H13O4.Y/c1-15-11(13)10(12(14)16-2)8-9-6-4-3-5-7-9;/h4-7,10H,8H2,1-2H3;/q-1;+3. The fraction of sp³-hybridized carbons (Fsp3) is 0.333. The van der Waals surface area contributed by atoms with Gasteiger partial charge in [0.1, 0.15) is 0 Å². The molecule has 0 fully saturated rings. The molecule has 1 rings (SSSR count). The molecule has 0 bridgehead atoms. The summed E-state index contributed by atoms with van der Waals surface area (Å²) >= 11 is 0. The van der Waals surface area contributed by atoms with Gasteiger partial charge in [-0.3, -0.25) is 9.59 Å². The molecule has 86 valence electrons. The summed E-state index contributed by atoms with van der Waals surface area (Å²) in [7, 11) is 2.49. The molecule has 17 heavy (non-hydrogen) atoms. The fourth-order valence-corrected chi connectivity index (χ4v) is 1.34. The van der Waals surface area contributed by atoms with E-state index >= 15 is 0 Å². The predicted octanol–water partition coefficient (Wildman–Crippen LogP) is 0.989. The molecule has 0 heterocycles. The third-order valence-electron chi connectivity index (χ3n) is 2.20. The number of esters is 2. The monoisotopic (exact) mass is 310 g/mol. The van der Waals surface area contributed by atoms with Crippen LogP contribution in [0.2, 0.25) is 0 Å². The van der Waals surface area contributed by atoms with Crippen LogP contribution < -0.4 is 0 Å². The van der Waals surface area contributed by atoms with Crippen LogP contribution in [0, 0.1) is 12.0 Å². The van der Waals surface area contributed by atoms with Crippen molar-refractivity contribution in [1.29, 1.82) is 0 Å². The summed E-state index contributed by atoms with van der Waals surface area (Å²) in [4.78, 5) is 22.8. The molecule has 0 N–H and O–H groups in total. The number of carbonyl (C=O) groups is 2. The van der Waals surface area contributed by atoms with Crippen molar-refractivity contribution in [3.8, 4) is 0 Å². The molecule has 0 aliphatic carbocycles. The number of rotatable bonds is 4. The average Bonchev–Trinajstić information content (AvgIpc) is 2.35. The number of hydrogen-bond acceptors (Lipinski definition) is 4. The Morgan fingerprint density at radius 2 is 1.65 bits per heavy atom. The average molecular weight is 310 g/mol. The molecule has 4 nitrogen and oxygen atoms in total. The van der Waals surface area contributed by atoms with Crippen molar-refractivity contribution in [1.82, 2.24) is 0 Å². The summed E-state index contributed by atoms with van der Waals surface area (Å²) in [5.41, 5.74) is 0.861. The summed E-state index contributed by atoms with van der Waals surface area (Å²) in [6, 6.07) is 9.89. The van der Waals surface area contributed by atoms with Crippen molar-refractivity contribution in [2.75, 3.05) is 14.2 Å². The summed E-state index contributed by atoms with van der Waals surface area (Å²) in [6.45, 7) is 0. The van der Waals surface area contributed by atoms with Gasteiger partial charge < -0.3 is 9.47 Å². The maximum Gasteiger partial charge on any atom is 3.00 e. The Bertz CT molecular complexity index is 348. The minimum absolute atomic E-state index is 0. The molecule has 0 atom stereocenters. The zero-order chi connectivity index (χ0) is 12.0. The van der Waals surface area contributed by atoms with Crippen molar-refractivity contribution in [3.63, 3.8) is 0 Å². The Labute approximate surface area is 126 Å². The van der Waals surface area contributed by atoms with E-state index < -0.39 is 17.9 Å². The van der Waals surface area contributed by atoms with E-state index in [1.165, 1.54) is 14.2 Å². The zero-order valence-electron chi connectivity index (χ0n) is 9.80. The van der Waals surface area contributed by atoms with E-state index in [-0.39, 0.29) is 39.1 Å². The molecule has 0 amide bonds. The van der Waals surface area contributed by atoms with E-state index in [9.17, 15) is 9.59 Å². The van der Waals surface area contributed by atoms with Gasteiger partial charge in [0, 0.05) is 0 Å². The summed E-state index contributed by atoms with van der Waals surface area (Å²) in [5.74, 6) is -2.07. The van der Waals surface area contributed by atoms with E-state index in [4.69, 9.17) is 0 Å². The molecule has 1 aromatic carbocycles. The van der Waals surface area contributed by atoms with Crippen LogP contribution in [-0.2, 0) is 58.2 Å². The molecule has 0 unspecified atom stereocenters. The SMILES string of the molecule is COC(=O)C(Cc1cc[c-]cc1)C(=O)OC.[Y+3]. The topological polar surface area (TPSA) is 52.6 Å². The van der Waals surface area contributed by atoms with Gasteiger partial charge in [0.2, 0.25) is 0 Å².